The molecule has 0 fully saturated rings. The summed E-state index contributed by atoms with van der Waals surface area (Å²) in [7, 11) is 0. The molecule has 0 saturated heterocycles. The van der Waals surface area contributed by atoms with Crippen molar-refractivity contribution in [3.05, 3.63) is 70.8 Å². The van der Waals surface area contributed by atoms with E-state index in [0.29, 0.717) is 24.0 Å². The van der Waals surface area contributed by atoms with Crippen molar-refractivity contribution in [1.82, 2.24) is 0 Å². The Morgan fingerprint density at radius 3 is 1.48 bits per heavy atom. The van der Waals surface area contributed by atoms with Crippen LogP contribution < -0.4 is 9.47 Å². The van der Waals surface area contributed by atoms with Gasteiger partial charge in [0.25, 0.3) is 0 Å². The predicted octanol–water partition coefficient (Wildman–Crippen LogP) is 3.76. The van der Waals surface area contributed by atoms with Gasteiger partial charge in [-0.1, -0.05) is 38.1 Å². The van der Waals surface area contributed by atoms with E-state index in [2.05, 4.69) is 0 Å². The maximum Gasteiger partial charge on any atom is 0.303 e. The third-order valence-corrected chi connectivity index (χ3v) is 9.16. The third-order valence-electron chi connectivity index (χ3n) is 9.16. The summed E-state index contributed by atoms with van der Waals surface area (Å²) in [6.45, 7) is 5.20. The average Bonchev–Trinajstić information content (AvgIpc) is 3.00. The van der Waals surface area contributed by atoms with E-state index in [4.69, 9.17) is 18.9 Å². The molecule has 6 atom stereocenters. The van der Waals surface area contributed by atoms with Crippen LogP contribution in [0.4, 0.5) is 0 Å². The molecule has 4 aliphatic rings. The number of allylic oxidation sites excluding steroid dienone is 2. The Morgan fingerprint density at radius 2 is 1.14 bits per heavy atom. The Kier molecular flexibility index (Phi) is 7.25. The Bertz CT molecular complexity index is 1530. The van der Waals surface area contributed by atoms with Crippen LogP contribution in [0.2, 0.25) is 0 Å². The van der Waals surface area contributed by atoms with Crippen LogP contribution in [0.1, 0.15) is 61.3 Å². The van der Waals surface area contributed by atoms with E-state index in [9.17, 15) is 29.4 Å². The van der Waals surface area contributed by atoms with E-state index in [0.717, 1.165) is 0 Å². The van der Waals surface area contributed by atoms with Crippen molar-refractivity contribution < 1.29 is 48.3 Å². The van der Waals surface area contributed by atoms with Gasteiger partial charge >= 0.3 is 11.9 Å². The fraction of sp³-hybridized carbons (Fsp3) is 0.412. The molecule has 6 rings (SSSR count). The summed E-state index contributed by atoms with van der Waals surface area (Å²) < 4.78 is 23.7. The fourth-order valence-electron chi connectivity index (χ4n) is 7.05. The monoisotopic (exact) mass is 602 g/mol. The summed E-state index contributed by atoms with van der Waals surface area (Å²) in [6, 6.07) is 10.1. The second-order valence-electron chi connectivity index (χ2n) is 12.1. The van der Waals surface area contributed by atoms with Gasteiger partial charge in [-0.25, -0.2) is 0 Å². The molecule has 2 aliphatic carbocycles. The Hall–Kier alpha value is -4.28. The zero-order valence-corrected chi connectivity index (χ0v) is 24.9. The molecule has 2 aromatic rings. The summed E-state index contributed by atoms with van der Waals surface area (Å²) in [5.74, 6) is -1.61. The Balaban J connectivity index is 1.37. The zero-order chi connectivity index (χ0) is 31.6. The second kappa shape index (κ2) is 10.7. The summed E-state index contributed by atoms with van der Waals surface area (Å²) in [5.41, 5.74) is -0.719. The largest absolute Gasteiger partial charge is 0.475 e. The lowest BCUT2D eigenvalue weighted by Crippen LogP contribution is -2.61. The maximum atomic E-state index is 13.8. The van der Waals surface area contributed by atoms with E-state index in [1.165, 1.54) is 13.8 Å². The summed E-state index contributed by atoms with van der Waals surface area (Å²) in [5, 5.41) is 21.0. The first kappa shape index (κ1) is 29.8. The topological polar surface area (TPSA) is 146 Å². The van der Waals surface area contributed by atoms with Crippen molar-refractivity contribution in [3.63, 3.8) is 0 Å². The lowest BCUT2D eigenvalue weighted by Gasteiger charge is -2.47. The van der Waals surface area contributed by atoms with E-state index in [1.54, 1.807) is 48.6 Å². The highest BCUT2D eigenvalue weighted by Gasteiger charge is 2.57. The highest BCUT2D eigenvalue weighted by molar-refractivity contribution is 6.15. The van der Waals surface area contributed by atoms with E-state index < -0.39 is 48.6 Å². The number of benzene rings is 2. The maximum absolute atomic E-state index is 13.8. The first-order valence-electron chi connectivity index (χ1n) is 14.7. The van der Waals surface area contributed by atoms with Gasteiger partial charge in [-0.15, -0.1) is 0 Å². The van der Waals surface area contributed by atoms with Crippen LogP contribution in [0.5, 0.6) is 11.5 Å². The SMILES string of the molecule is CC(=O)O[C@@H]1[C@H](C)CC=C2C(=O)c3cc(-c4ccc5c(c4)C(=O)C4=CC[C@@H](C)[C@@H](OC(C)=O)[C@@]4(CO)O5)ccc3O[C@@]21CO. The molecule has 0 unspecified atom stereocenters. The minimum atomic E-state index is -1.51. The Labute approximate surface area is 254 Å². The van der Waals surface area contributed by atoms with E-state index in [1.807, 2.05) is 13.8 Å². The number of esters is 2. The molecule has 2 N–H and O–H groups in total. The molecule has 10 nitrogen and oxygen atoms in total. The minimum Gasteiger partial charge on any atom is -0.475 e. The van der Waals surface area contributed by atoms with Crippen LogP contribution in [-0.4, -0.2) is 70.3 Å². The van der Waals surface area contributed by atoms with Crippen molar-refractivity contribution in [3.8, 4) is 22.6 Å². The van der Waals surface area contributed by atoms with E-state index >= 15 is 0 Å². The first-order chi connectivity index (χ1) is 21.0. The van der Waals surface area contributed by atoms with Gasteiger partial charge in [-0.05, 0) is 48.2 Å². The average molecular weight is 603 g/mol. The quantitative estimate of drug-likeness (QED) is 0.485. The summed E-state index contributed by atoms with van der Waals surface area (Å²) >= 11 is 0. The van der Waals surface area contributed by atoms with Crippen LogP contribution in [0.3, 0.4) is 0 Å². The number of ether oxygens (including phenoxy) is 4. The molecule has 2 aromatic carbocycles. The van der Waals surface area contributed by atoms with Crippen LogP contribution in [0, 0.1) is 11.8 Å². The second-order valence-corrected chi connectivity index (χ2v) is 12.1. The van der Waals surface area contributed by atoms with Crippen molar-refractivity contribution in [2.24, 2.45) is 11.8 Å². The molecule has 0 amide bonds. The number of fused-ring (bicyclic) bond motifs is 4. The molecule has 0 aromatic heterocycles. The predicted molar refractivity (Wildman–Crippen MR) is 156 cm³/mol. The van der Waals surface area contributed by atoms with Gasteiger partial charge in [0.1, 0.15) is 11.5 Å². The molecule has 44 heavy (non-hydrogen) atoms. The van der Waals surface area contributed by atoms with Gasteiger partial charge in [0.05, 0.1) is 24.3 Å². The van der Waals surface area contributed by atoms with Crippen molar-refractivity contribution in [2.75, 3.05) is 13.2 Å². The standard InChI is InChI=1S/C34H34O10/c1-17-5-9-25-29(39)23-13-21(7-11-27(23)43-33(25,15-35)31(17)41-19(3)37)22-8-12-28-24(14-22)30(40)26-10-6-18(2)32(42-20(4)38)34(26,16-36)44-28/h7-14,17-18,31-32,35-36H,5-6,15-16H2,1-4H3/t17-,18-,31-,32-,33+,34+/m1/s1. The van der Waals surface area contributed by atoms with Gasteiger partial charge in [0.2, 0.25) is 0 Å². The van der Waals surface area contributed by atoms with Gasteiger partial charge in [-0.2, -0.15) is 0 Å². The molecule has 0 bridgehead atoms. The number of rotatable bonds is 5. The lowest BCUT2D eigenvalue weighted by molar-refractivity contribution is -0.167. The third kappa shape index (κ3) is 4.38. The summed E-state index contributed by atoms with van der Waals surface area (Å²) in [4.78, 5) is 51.5. The number of hydrogen-bond acceptors (Lipinski definition) is 10. The minimum absolute atomic E-state index is 0.185. The van der Waals surface area contributed by atoms with Gasteiger partial charge in [0.15, 0.2) is 35.0 Å². The van der Waals surface area contributed by atoms with Gasteiger partial charge in [-0.3, -0.25) is 19.2 Å². The number of hydrogen-bond donors (Lipinski definition) is 2. The van der Waals surface area contributed by atoms with Gasteiger partial charge < -0.3 is 29.2 Å². The first-order valence-corrected chi connectivity index (χ1v) is 14.7. The highest BCUT2D eigenvalue weighted by Crippen LogP contribution is 2.48. The van der Waals surface area contributed by atoms with Crippen molar-refractivity contribution in [1.29, 1.82) is 0 Å². The molecule has 230 valence electrons. The molecule has 0 saturated carbocycles. The van der Waals surface area contributed by atoms with Crippen LogP contribution in [0.25, 0.3) is 11.1 Å². The molecule has 2 aliphatic heterocycles. The molecule has 0 spiro atoms. The number of Topliss-reactive ketones (excluding diaryl/α,β-unsaturated/α-hetero) is 2. The lowest BCUT2D eigenvalue weighted by atomic mass is 9.71. The number of carbonyl (C=O) groups excluding carboxylic acids is 4. The molecule has 0 radical (unpaired) electrons. The fourth-order valence-corrected chi connectivity index (χ4v) is 7.05. The molecular weight excluding hydrogens is 568 g/mol. The zero-order valence-electron chi connectivity index (χ0n) is 24.9. The van der Waals surface area contributed by atoms with E-state index in [-0.39, 0.29) is 57.2 Å². The number of carbonyl (C=O) groups is 4. The summed E-state index contributed by atoms with van der Waals surface area (Å²) in [6.07, 6.45) is 2.71. The van der Waals surface area contributed by atoms with Crippen molar-refractivity contribution >= 4 is 23.5 Å². The number of aliphatic hydroxyl groups is 2. The van der Waals surface area contributed by atoms with Crippen molar-refractivity contribution in [2.45, 2.75) is 63.9 Å². The van der Waals surface area contributed by atoms with Crippen LogP contribution in [-0.2, 0) is 19.1 Å². The van der Waals surface area contributed by atoms with Crippen LogP contribution in [0.15, 0.2) is 59.7 Å². The Morgan fingerprint density at radius 1 is 0.750 bits per heavy atom. The van der Waals surface area contributed by atoms with Gasteiger partial charge in [0, 0.05) is 36.8 Å². The van der Waals surface area contributed by atoms with Crippen LogP contribution >= 0.6 is 0 Å². The number of aliphatic hydroxyl groups excluding tert-OH is 2. The smallest absolute Gasteiger partial charge is 0.303 e. The number of ketones is 2. The molecular formula is C34H34O10. The molecule has 2 heterocycles. The highest BCUT2D eigenvalue weighted by atomic mass is 16.6. The molecule has 10 heteroatoms. The normalized spacial score (nSPS) is 30.2.